The van der Waals surface area contributed by atoms with E-state index in [0.717, 1.165) is 0 Å². The van der Waals surface area contributed by atoms with E-state index in [-0.39, 0.29) is 12.5 Å². The van der Waals surface area contributed by atoms with Crippen LogP contribution in [0.1, 0.15) is 0 Å². The third-order valence-electron chi connectivity index (χ3n) is 2.26. The molecular weight excluding hydrogens is 266 g/mol. The Labute approximate surface area is 115 Å². The number of anilines is 2. The van der Waals surface area contributed by atoms with Gasteiger partial charge >= 0.3 is 0 Å². The molecule has 19 heavy (non-hydrogen) atoms. The molecule has 1 heterocycles. The molecule has 1 aromatic heterocycles. The van der Waals surface area contributed by atoms with Crippen molar-refractivity contribution in [1.82, 2.24) is 4.98 Å². The van der Waals surface area contributed by atoms with Crippen LogP contribution in [0.3, 0.4) is 0 Å². The van der Waals surface area contributed by atoms with E-state index in [0.29, 0.717) is 22.3 Å². The number of hydrogen-bond donors (Lipinski definition) is 2. The number of carbonyl (C=O) groups is 1. The van der Waals surface area contributed by atoms with Gasteiger partial charge in [0.05, 0.1) is 5.69 Å². The van der Waals surface area contributed by atoms with Gasteiger partial charge in [-0.05, 0) is 30.3 Å². The van der Waals surface area contributed by atoms with E-state index < -0.39 is 0 Å². The number of hydrogen-bond acceptors (Lipinski definition) is 4. The maximum atomic E-state index is 11.7. The number of nitrogens with zero attached hydrogens (tertiary/aromatic N) is 1. The van der Waals surface area contributed by atoms with Gasteiger partial charge in [0.15, 0.2) is 12.4 Å². The third kappa shape index (κ3) is 3.86. The molecule has 0 spiro atoms. The molecule has 0 radical (unpaired) electrons. The lowest BCUT2D eigenvalue weighted by Crippen LogP contribution is -2.21. The number of nitrogen functional groups attached to an aromatic ring is 1. The largest absolute Gasteiger partial charge is 0.484 e. The Kier molecular flexibility index (Phi) is 4.20. The fraction of sp³-hybridized carbons (Fsp3) is 0.0769. The molecule has 2 aromatic rings. The Morgan fingerprint density at radius 2 is 2.21 bits per heavy atom. The van der Waals surface area contributed by atoms with E-state index in [2.05, 4.69) is 10.3 Å². The molecule has 0 aliphatic heterocycles. The topological polar surface area (TPSA) is 77.2 Å². The zero-order chi connectivity index (χ0) is 13.7. The van der Waals surface area contributed by atoms with Crippen LogP contribution in [0, 0.1) is 0 Å². The number of rotatable bonds is 4. The van der Waals surface area contributed by atoms with E-state index in [1.54, 1.807) is 42.6 Å². The summed E-state index contributed by atoms with van der Waals surface area (Å²) in [6, 6.07) is 10.2. The van der Waals surface area contributed by atoms with Crippen LogP contribution in [0.4, 0.5) is 11.5 Å². The average Bonchev–Trinajstić information content (AvgIpc) is 2.39. The molecule has 98 valence electrons. The summed E-state index contributed by atoms with van der Waals surface area (Å²) in [6.45, 7) is -0.143. The van der Waals surface area contributed by atoms with Crippen LogP contribution >= 0.6 is 11.6 Å². The lowest BCUT2D eigenvalue weighted by molar-refractivity contribution is -0.118. The number of pyridine rings is 1. The summed E-state index contributed by atoms with van der Waals surface area (Å²) < 4.78 is 5.30. The third-order valence-corrected chi connectivity index (χ3v) is 2.50. The van der Waals surface area contributed by atoms with Crippen LogP contribution in [-0.2, 0) is 4.79 Å². The minimum atomic E-state index is -0.342. The van der Waals surface area contributed by atoms with Crippen molar-refractivity contribution < 1.29 is 9.53 Å². The fourth-order valence-corrected chi connectivity index (χ4v) is 1.58. The second kappa shape index (κ2) is 6.06. The molecule has 1 aromatic carbocycles. The predicted octanol–water partition coefficient (Wildman–Crippen LogP) is 2.33. The Morgan fingerprint density at radius 1 is 1.37 bits per heavy atom. The first-order chi connectivity index (χ1) is 9.15. The molecule has 1 amide bonds. The molecule has 0 aliphatic carbocycles. The molecule has 6 heteroatoms. The first-order valence-corrected chi connectivity index (χ1v) is 5.91. The van der Waals surface area contributed by atoms with Gasteiger partial charge in [-0.15, -0.1) is 0 Å². The number of nitrogens with two attached hydrogens (primary N) is 1. The summed E-state index contributed by atoms with van der Waals surface area (Å²) in [6.07, 6.45) is 1.55. The number of amides is 1. The summed E-state index contributed by atoms with van der Waals surface area (Å²) in [4.78, 5) is 15.6. The normalized spacial score (nSPS) is 9.95. The maximum Gasteiger partial charge on any atom is 0.263 e. The highest BCUT2D eigenvalue weighted by atomic mass is 35.5. The van der Waals surface area contributed by atoms with Crippen molar-refractivity contribution in [3.05, 3.63) is 47.6 Å². The van der Waals surface area contributed by atoms with Gasteiger partial charge in [-0.2, -0.15) is 0 Å². The van der Waals surface area contributed by atoms with Gasteiger partial charge in [-0.25, -0.2) is 4.98 Å². The zero-order valence-electron chi connectivity index (χ0n) is 9.97. The molecule has 0 fully saturated rings. The number of halogens is 1. The van der Waals surface area contributed by atoms with E-state index in [1.165, 1.54) is 0 Å². The van der Waals surface area contributed by atoms with Crippen molar-refractivity contribution in [1.29, 1.82) is 0 Å². The number of aromatic nitrogens is 1. The molecule has 5 nitrogen and oxygen atoms in total. The van der Waals surface area contributed by atoms with Crippen molar-refractivity contribution >= 4 is 29.0 Å². The first-order valence-electron chi connectivity index (χ1n) is 5.54. The van der Waals surface area contributed by atoms with Gasteiger partial charge in [0.25, 0.3) is 5.91 Å². The van der Waals surface area contributed by atoms with Crippen molar-refractivity contribution in [3.63, 3.8) is 0 Å². The van der Waals surface area contributed by atoms with Gasteiger partial charge in [-0.1, -0.05) is 17.7 Å². The van der Waals surface area contributed by atoms with Crippen molar-refractivity contribution in [2.45, 2.75) is 0 Å². The van der Waals surface area contributed by atoms with Crippen LogP contribution in [0.5, 0.6) is 5.75 Å². The number of nitrogens with one attached hydrogen (secondary N) is 1. The van der Waals surface area contributed by atoms with Crippen LogP contribution < -0.4 is 15.8 Å². The fourth-order valence-electron chi connectivity index (χ4n) is 1.40. The standard InChI is InChI=1S/C13H12ClN3O2/c14-9-3-1-4-10(7-9)19-8-12(18)17-13-11(15)5-2-6-16-13/h1-7H,8,15H2,(H,16,17,18). The van der Waals surface area contributed by atoms with E-state index in [4.69, 9.17) is 22.1 Å². The maximum absolute atomic E-state index is 11.7. The Balaban J connectivity index is 1.90. The molecule has 0 aliphatic rings. The molecule has 0 unspecified atom stereocenters. The van der Waals surface area contributed by atoms with Crippen LogP contribution in [-0.4, -0.2) is 17.5 Å². The molecular formula is C13H12ClN3O2. The summed E-state index contributed by atoms with van der Waals surface area (Å²) in [5, 5.41) is 3.11. The van der Waals surface area contributed by atoms with Gasteiger partial charge in [0.1, 0.15) is 5.75 Å². The zero-order valence-corrected chi connectivity index (χ0v) is 10.7. The molecule has 0 saturated heterocycles. The average molecular weight is 278 g/mol. The molecule has 2 rings (SSSR count). The number of benzene rings is 1. The van der Waals surface area contributed by atoms with Gasteiger partial charge in [0, 0.05) is 11.2 Å². The summed E-state index contributed by atoms with van der Waals surface area (Å²) in [7, 11) is 0. The smallest absolute Gasteiger partial charge is 0.263 e. The van der Waals surface area contributed by atoms with Crippen LogP contribution in [0.25, 0.3) is 0 Å². The quantitative estimate of drug-likeness (QED) is 0.899. The highest BCUT2D eigenvalue weighted by Crippen LogP contribution is 2.17. The summed E-state index contributed by atoms with van der Waals surface area (Å²) in [5.74, 6) is 0.504. The Morgan fingerprint density at radius 3 is 2.95 bits per heavy atom. The molecule has 0 bridgehead atoms. The monoisotopic (exact) mass is 277 g/mol. The summed E-state index contributed by atoms with van der Waals surface area (Å²) >= 11 is 5.80. The van der Waals surface area contributed by atoms with Crippen molar-refractivity contribution in [2.24, 2.45) is 0 Å². The predicted molar refractivity (Wildman–Crippen MR) is 74.2 cm³/mol. The summed E-state index contributed by atoms with van der Waals surface area (Å²) in [5.41, 5.74) is 6.06. The van der Waals surface area contributed by atoms with Crippen molar-refractivity contribution in [2.75, 3.05) is 17.7 Å². The molecule has 3 N–H and O–H groups in total. The van der Waals surface area contributed by atoms with Crippen molar-refractivity contribution in [3.8, 4) is 5.75 Å². The number of carbonyl (C=O) groups excluding carboxylic acids is 1. The van der Waals surface area contributed by atoms with Gasteiger partial charge < -0.3 is 15.8 Å². The van der Waals surface area contributed by atoms with E-state index in [9.17, 15) is 4.79 Å². The Hall–Kier alpha value is -2.27. The van der Waals surface area contributed by atoms with Gasteiger partial charge in [-0.3, -0.25) is 4.79 Å². The highest BCUT2D eigenvalue weighted by Gasteiger charge is 2.06. The lowest BCUT2D eigenvalue weighted by Gasteiger charge is -2.08. The van der Waals surface area contributed by atoms with Gasteiger partial charge in [0.2, 0.25) is 0 Å². The minimum absolute atomic E-state index is 0.143. The van der Waals surface area contributed by atoms with Crippen LogP contribution in [0.2, 0.25) is 5.02 Å². The molecule has 0 atom stereocenters. The minimum Gasteiger partial charge on any atom is -0.484 e. The SMILES string of the molecule is Nc1cccnc1NC(=O)COc1cccc(Cl)c1. The van der Waals surface area contributed by atoms with E-state index >= 15 is 0 Å². The second-order valence-corrected chi connectivity index (χ2v) is 4.17. The highest BCUT2D eigenvalue weighted by molar-refractivity contribution is 6.30. The van der Waals surface area contributed by atoms with Crippen LogP contribution in [0.15, 0.2) is 42.6 Å². The Bertz CT molecular complexity index is 590. The van der Waals surface area contributed by atoms with E-state index in [1.807, 2.05) is 0 Å². The second-order valence-electron chi connectivity index (χ2n) is 3.74. The first kappa shape index (κ1) is 13.2. The number of ether oxygens (including phenoxy) is 1. The lowest BCUT2D eigenvalue weighted by atomic mass is 10.3. The molecule has 0 saturated carbocycles.